The number of urea groups is 1. The minimum absolute atomic E-state index is 0.156. The summed E-state index contributed by atoms with van der Waals surface area (Å²) in [6.45, 7) is 2.19. The van der Waals surface area contributed by atoms with E-state index in [2.05, 4.69) is 20.9 Å². The zero-order valence-corrected chi connectivity index (χ0v) is 16.8. The third kappa shape index (κ3) is 4.18. The van der Waals surface area contributed by atoms with Crippen LogP contribution in [0.15, 0.2) is 60.8 Å². The van der Waals surface area contributed by atoms with Gasteiger partial charge in [-0.25, -0.2) is 4.79 Å². The predicted molar refractivity (Wildman–Crippen MR) is 119 cm³/mol. The lowest BCUT2D eigenvalue weighted by molar-refractivity contribution is -0.110. The van der Waals surface area contributed by atoms with Crippen LogP contribution in [0.1, 0.15) is 34.1 Å². The Morgan fingerprint density at radius 1 is 1.06 bits per heavy atom. The summed E-state index contributed by atoms with van der Waals surface area (Å²) >= 11 is 0. The van der Waals surface area contributed by atoms with Crippen molar-refractivity contribution in [2.45, 2.75) is 13.5 Å². The second-order valence-electron chi connectivity index (χ2n) is 7.17. The lowest BCUT2D eigenvalue weighted by atomic mass is 9.99. The smallest absolute Gasteiger partial charge is 0.316 e. The number of carbonyl (C=O) groups is 3. The monoisotopic (exact) mass is 415 g/mol. The first-order valence-corrected chi connectivity index (χ1v) is 9.66. The topological polar surface area (TPSA) is 129 Å². The Morgan fingerprint density at radius 2 is 1.84 bits per heavy atom. The number of H-pyrrole nitrogens is 1. The molecule has 1 aliphatic heterocycles. The number of primary amides is 1. The molecule has 0 saturated carbocycles. The number of rotatable bonds is 5. The van der Waals surface area contributed by atoms with Gasteiger partial charge < -0.3 is 26.7 Å². The van der Waals surface area contributed by atoms with E-state index in [0.29, 0.717) is 34.6 Å². The maximum Gasteiger partial charge on any atom is 0.316 e. The lowest BCUT2D eigenvalue weighted by Crippen LogP contribution is -2.22. The van der Waals surface area contributed by atoms with Gasteiger partial charge in [-0.05, 0) is 54.5 Å². The third-order valence-electron chi connectivity index (χ3n) is 5.04. The standard InChI is InChI=1S/C23H21N5O3/c1-13(20-17-10-16(27-23(24)31)7-8-18(17)28-22(20)30)19-9-14(11-25-19)12-26-21(29)15-5-3-2-4-6-15/h2-11,25H,12H2,1H3,(H,26,29)(H,28,30)(H3,24,27,31)/b20-13-. The van der Waals surface area contributed by atoms with Crippen molar-refractivity contribution in [2.75, 3.05) is 10.6 Å². The minimum atomic E-state index is -0.675. The Labute approximate surface area is 178 Å². The lowest BCUT2D eigenvalue weighted by Gasteiger charge is -2.07. The fraction of sp³-hybridized carbons (Fsp3) is 0.0870. The number of benzene rings is 2. The van der Waals surface area contributed by atoms with Crippen molar-refractivity contribution in [1.29, 1.82) is 0 Å². The molecule has 31 heavy (non-hydrogen) atoms. The summed E-state index contributed by atoms with van der Waals surface area (Å²) in [5.41, 5.74) is 10.5. The van der Waals surface area contributed by atoms with Gasteiger partial charge in [0.15, 0.2) is 0 Å². The highest BCUT2D eigenvalue weighted by atomic mass is 16.2. The highest BCUT2D eigenvalue weighted by Gasteiger charge is 2.27. The molecule has 1 aliphatic rings. The second kappa shape index (κ2) is 8.19. The SMILES string of the molecule is C/C(=C1/C(=O)Nc2ccc(NC(N)=O)cc21)c1cc(CNC(=O)c2ccccc2)c[nH]1. The van der Waals surface area contributed by atoms with Crippen LogP contribution in [0.5, 0.6) is 0 Å². The van der Waals surface area contributed by atoms with Gasteiger partial charge in [-0.1, -0.05) is 18.2 Å². The molecule has 2 heterocycles. The van der Waals surface area contributed by atoms with E-state index >= 15 is 0 Å². The van der Waals surface area contributed by atoms with E-state index in [4.69, 9.17) is 5.73 Å². The van der Waals surface area contributed by atoms with Crippen molar-refractivity contribution in [3.63, 3.8) is 0 Å². The van der Waals surface area contributed by atoms with Gasteiger partial charge in [-0.15, -0.1) is 0 Å². The molecule has 8 heteroatoms. The summed E-state index contributed by atoms with van der Waals surface area (Å²) in [6, 6.07) is 15.3. The summed E-state index contributed by atoms with van der Waals surface area (Å²) in [5, 5.41) is 8.24. The maximum atomic E-state index is 12.6. The average Bonchev–Trinajstić information content (AvgIpc) is 3.35. The van der Waals surface area contributed by atoms with Gasteiger partial charge in [0, 0.05) is 40.9 Å². The zero-order valence-electron chi connectivity index (χ0n) is 16.8. The van der Waals surface area contributed by atoms with Crippen molar-refractivity contribution >= 4 is 40.4 Å². The average molecular weight is 415 g/mol. The highest BCUT2D eigenvalue weighted by molar-refractivity contribution is 6.36. The fourth-order valence-corrected chi connectivity index (χ4v) is 3.53. The number of hydrogen-bond donors (Lipinski definition) is 5. The number of nitrogens with two attached hydrogens (primary N) is 1. The van der Waals surface area contributed by atoms with E-state index in [1.165, 1.54) is 0 Å². The number of anilines is 2. The molecule has 0 spiro atoms. The summed E-state index contributed by atoms with van der Waals surface area (Å²) in [4.78, 5) is 39.2. The van der Waals surface area contributed by atoms with Gasteiger partial charge in [0.1, 0.15) is 0 Å². The first-order valence-electron chi connectivity index (χ1n) is 9.66. The molecular formula is C23H21N5O3. The number of allylic oxidation sites excluding steroid dienone is 1. The summed E-state index contributed by atoms with van der Waals surface area (Å²) in [6.07, 6.45) is 1.80. The largest absolute Gasteiger partial charge is 0.361 e. The Morgan fingerprint density at radius 3 is 2.58 bits per heavy atom. The Kier molecular flexibility index (Phi) is 5.28. The first-order chi connectivity index (χ1) is 14.9. The van der Waals surface area contributed by atoms with Gasteiger partial charge in [-0.2, -0.15) is 0 Å². The van der Waals surface area contributed by atoms with E-state index in [9.17, 15) is 14.4 Å². The molecule has 156 valence electrons. The molecule has 2 aromatic carbocycles. The summed E-state index contributed by atoms with van der Waals surface area (Å²) < 4.78 is 0. The van der Waals surface area contributed by atoms with E-state index in [1.807, 2.05) is 31.2 Å². The predicted octanol–water partition coefficient (Wildman–Crippen LogP) is 3.32. The Hall–Kier alpha value is -4.33. The van der Waals surface area contributed by atoms with Gasteiger partial charge in [0.05, 0.1) is 5.57 Å². The van der Waals surface area contributed by atoms with Crippen molar-refractivity contribution in [3.8, 4) is 0 Å². The molecule has 0 unspecified atom stereocenters. The van der Waals surface area contributed by atoms with Gasteiger partial charge in [-0.3, -0.25) is 9.59 Å². The molecule has 0 fully saturated rings. The van der Waals surface area contributed by atoms with Crippen LogP contribution in [0.4, 0.5) is 16.2 Å². The van der Waals surface area contributed by atoms with Crippen LogP contribution in [-0.2, 0) is 11.3 Å². The van der Waals surface area contributed by atoms with E-state index in [-0.39, 0.29) is 11.8 Å². The summed E-state index contributed by atoms with van der Waals surface area (Å²) in [7, 11) is 0. The van der Waals surface area contributed by atoms with Crippen LogP contribution >= 0.6 is 0 Å². The number of nitrogens with one attached hydrogen (secondary N) is 4. The highest BCUT2D eigenvalue weighted by Crippen LogP contribution is 2.38. The number of aromatic amines is 1. The van der Waals surface area contributed by atoms with E-state index in [1.54, 1.807) is 36.5 Å². The van der Waals surface area contributed by atoms with Crippen LogP contribution in [0.3, 0.4) is 0 Å². The minimum Gasteiger partial charge on any atom is -0.361 e. The zero-order chi connectivity index (χ0) is 22.0. The summed E-state index contributed by atoms with van der Waals surface area (Å²) in [5.74, 6) is -0.380. The molecule has 0 saturated heterocycles. The molecule has 0 bridgehead atoms. The van der Waals surface area contributed by atoms with E-state index < -0.39 is 6.03 Å². The molecule has 3 aromatic rings. The van der Waals surface area contributed by atoms with Crippen LogP contribution in [0, 0.1) is 0 Å². The quantitative estimate of drug-likeness (QED) is 0.410. The van der Waals surface area contributed by atoms with Crippen LogP contribution in [0.2, 0.25) is 0 Å². The molecule has 1 aromatic heterocycles. The van der Waals surface area contributed by atoms with Crippen LogP contribution in [0.25, 0.3) is 11.1 Å². The molecule has 8 nitrogen and oxygen atoms in total. The molecule has 4 rings (SSSR count). The van der Waals surface area contributed by atoms with E-state index in [0.717, 1.165) is 16.8 Å². The molecule has 4 amide bonds. The Bertz CT molecular complexity index is 1210. The van der Waals surface area contributed by atoms with Crippen LogP contribution < -0.4 is 21.7 Å². The molecule has 6 N–H and O–H groups in total. The Balaban J connectivity index is 1.56. The van der Waals surface area contributed by atoms with Gasteiger partial charge in [0.25, 0.3) is 11.8 Å². The first kappa shape index (κ1) is 20.0. The fourth-order valence-electron chi connectivity index (χ4n) is 3.53. The van der Waals surface area contributed by atoms with Crippen molar-refractivity contribution in [2.24, 2.45) is 5.73 Å². The number of hydrogen-bond acceptors (Lipinski definition) is 3. The number of aromatic nitrogens is 1. The third-order valence-corrected chi connectivity index (χ3v) is 5.04. The maximum absolute atomic E-state index is 12.6. The molecule has 0 radical (unpaired) electrons. The second-order valence-corrected chi connectivity index (χ2v) is 7.17. The number of carbonyl (C=O) groups excluding carboxylic acids is 3. The normalized spacial score (nSPS) is 13.9. The van der Waals surface area contributed by atoms with Crippen molar-refractivity contribution in [1.82, 2.24) is 10.3 Å². The molecule has 0 aliphatic carbocycles. The van der Waals surface area contributed by atoms with Gasteiger partial charge >= 0.3 is 6.03 Å². The number of fused-ring (bicyclic) bond motifs is 1. The van der Waals surface area contributed by atoms with Crippen molar-refractivity contribution in [3.05, 3.63) is 83.2 Å². The molecule has 0 atom stereocenters. The van der Waals surface area contributed by atoms with Gasteiger partial charge in [0.2, 0.25) is 0 Å². The van der Waals surface area contributed by atoms with Crippen LogP contribution in [-0.4, -0.2) is 22.8 Å². The molecular weight excluding hydrogens is 394 g/mol. The number of amides is 4. The van der Waals surface area contributed by atoms with Crippen molar-refractivity contribution < 1.29 is 14.4 Å².